The molecular weight excluding hydrogens is 385 g/mol. The van der Waals surface area contributed by atoms with Crippen molar-refractivity contribution in [1.82, 2.24) is 9.88 Å². The van der Waals surface area contributed by atoms with Crippen LogP contribution < -0.4 is 4.90 Å². The maximum Gasteiger partial charge on any atom is 0.150 e. The van der Waals surface area contributed by atoms with Gasteiger partial charge in [-0.1, -0.05) is 11.6 Å². The van der Waals surface area contributed by atoms with Crippen LogP contribution in [0.25, 0.3) is 0 Å². The number of aryl methyl sites for hydroxylation is 1. The van der Waals surface area contributed by atoms with Crippen LogP contribution in [0.3, 0.4) is 0 Å². The highest BCUT2D eigenvalue weighted by Crippen LogP contribution is 2.48. The summed E-state index contributed by atoms with van der Waals surface area (Å²) in [6.45, 7) is 10.6. The fraction of sp³-hybridized carbons (Fsp3) is 0.542. The predicted molar refractivity (Wildman–Crippen MR) is 119 cm³/mol. The molecule has 2 aromatic rings. The molecule has 0 aliphatic carbocycles. The van der Waals surface area contributed by atoms with Gasteiger partial charge in [-0.3, -0.25) is 4.98 Å². The normalized spacial score (nSPS) is 24.2. The molecule has 1 saturated heterocycles. The van der Waals surface area contributed by atoms with Crippen molar-refractivity contribution >= 4 is 17.3 Å². The fourth-order valence-corrected chi connectivity index (χ4v) is 5.47. The van der Waals surface area contributed by atoms with E-state index in [1.807, 2.05) is 19.1 Å². The largest absolute Gasteiger partial charge is 0.364 e. The number of fused-ring (bicyclic) bond motifs is 3. The lowest BCUT2D eigenvalue weighted by Gasteiger charge is -2.35. The van der Waals surface area contributed by atoms with Crippen molar-refractivity contribution in [2.24, 2.45) is 0 Å². The molecule has 5 heteroatoms. The first-order valence-corrected chi connectivity index (χ1v) is 11.1. The zero-order valence-corrected chi connectivity index (χ0v) is 18.6. The number of likely N-dealkylation sites (tertiary alicyclic amines) is 1. The molecule has 1 aromatic carbocycles. The van der Waals surface area contributed by atoms with E-state index in [0.717, 1.165) is 47.8 Å². The number of alkyl halides is 1. The minimum atomic E-state index is -1.46. The van der Waals surface area contributed by atoms with Crippen LogP contribution in [-0.4, -0.2) is 41.6 Å². The maximum absolute atomic E-state index is 16.1. The van der Waals surface area contributed by atoms with E-state index in [2.05, 4.69) is 40.8 Å². The quantitative estimate of drug-likeness (QED) is 0.638. The number of aromatic nitrogens is 1. The van der Waals surface area contributed by atoms with Gasteiger partial charge in [-0.15, -0.1) is 0 Å². The summed E-state index contributed by atoms with van der Waals surface area (Å²) in [7, 11) is 0. The van der Waals surface area contributed by atoms with Crippen LogP contribution in [0.5, 0.6) is 0 Å². The second-order valence-electron chi connectivity index (χ2n) is 9.10. The van der Waals surface area contributed by atoms with E-state index in [9.17, 15) is 0 Å². The number of anilines is 1. The smallest absolute Gasteiger partial charge is 0.150 e. The fourth-order valence-electron chi connectivity index (χ4n) is 5.29. The summed E-state index contributed by atoms with van der Waals surface area (Å²) in [4.78, 5) is 9.00. The molecule has 3 nitrogen and oxygen atoms in total. The van der Waals surface area contributed by atoms with Crippen molar-refractivity contribution in [3.63, 3.8) is 0 Å². The van der Waals surface area contributed by atoms with Gasteiger partial charge in [0.2, 0.25) is 0 Å². The van der Waals surface area contributed by atoms with Crippen LogP contribution in [0.1, 0.15) is 56.2 Å². The molecule has 0 spiro atoms. The summed E-state index contributed by atoms with van der Waals surface area (Å²) in [5, 5.41) is 0.766. The summed E-state index contributed by atoms with van der Waals surface area (Å²) in [5.74, 6) is 0.404. The average molecular weight is 416 g/mol. The summed E-state index contributed by atoms with van der Waals surface area (Å²) < 4.78 is 16.1. The van der Waals surface area contributed by atoms with Gasteiger partial charge in [0.15, 0.2) is 5.67 Å². The molecule has 2 aliphatic rings. The Morgan fingerprint density at radius 1 is 1.24 bits per heavy atom. The van der Waals surface area contributed by atoms with E-state index in [1.54, 1.807) is 19.3 Å². The standard InChI is InChI=1S/C24H31ClFN3/c1-16(2)28-11-8-19-20-13-18(25)5-6-22(20)29(23(19)9-12-28)15-24(4,26)21-7-10-27-14-17(21)3/h5-7,10,13-14,16,19,23H,8-9,11-12,15H2,1-4H3. The zero-order valence-electron chi connectivity index (χ0n) is 17.8. The van der Waals surface area contributed by atoms with E-state index < -0.39 is 5.67 Å². The van der Waals surface area contributed by atoms with Gasteiger partial charge >= 0.3 is 0 Å². The Kier molecular flexibility index (Phi) is 5.60. The molecule has 3 heterocycles. The van der Waals surface area contributed by atoms with E-state index in [-0.39, 0.29) is 0 Å². The number of benzene rings is 1. The van der Waals surface area contributed by atoms with Gasteiger partial charge in [0.25, 0.3) is 0 Å². The third kappa shape index (κ3) is 3.89. The SMILES string of the molecule is Cc1cnccc1C(C)(F)CN1c2ccc(Cl)cc2C2CCN(C(C)C)CCC21. The molecular formula is C24H31ClFN3. The lowest BCUT2D eigenvalue weighted by Crippen LogP contribution is -2.43. The van der Waals surface area contributed by atoms with E-state index in [0.29, 0.717) is 24.5 Å². The molecule has 4 rings (SSSR count). The van der Waals surface area contributed by atoms with Gasteiger partial charge in [-0.25, -0.2) is 4.39 Å². The lowest BCUT2D eigenvalue weighted by atomic mass is 9.90. The van der Waals surface area contributed by atoms with Gasteiger partial charge in [0.05, 0.1) is 6.54 Å². The van der Waals surface area contributed by atoms with Crippen molar-refractivity contribution in [2.45, 2.75) is 64.2 Å². The molecule has 2 aliphatic heterocycles. The number of nitrogens with zero attached hydrogens (tertiary/aromatic N) is 3. The van der Waals surface area contributed by atoms with Crippen LogP contribution in [0.15, 0.2) is 36.7 Å². The third-order valence-corrected chi connectivity index (χ3v) is 7.02. The third-order valence-electron chi connectivity index (χ3n) is 6.78. The molecule has 0 saturated carbocycles. The Morgan fingerprint density at radius 3 is 2.72 bits per heavy atom. The Bertz CT molecular complexity index is 882. The van der Waals surface area contributed by atoms with Gasteiger partial charge in [0.1, 0.15) is 0 Å². The number of pyridine rings is 1. The van der Waals surface area contributed by atoms with Crippen molar-refractivity contribution in [3.8, 4) is 0 Å². The second kappa shape index (κ2) is 7.88. The molecule has 0 N–H and O–H groups in total. The minimum absolute atomic E-state index is 0.310. The first-order chi connectivity index (χ1) is 13.8. The Hall–Kier alpha value is -1.65. The van der Waals surface area contributed by atoms with E-state index in [1.165, 1.54) is 5.56 Å². The van der Waals surface area contributed by atoms with Gasteiger partial charge < -0.3 is 9.80 Å². The van der Waals surface area contributed by atoms with Crippen molar-refractivity contribution in [3.05, 3.63) is 58.4 Å². The number of halogens is 2. The summed E-state index contributed by atoms with van der Waals surface area (Å²) in [6, 6.07) is 8.79. The average Bonchev–Trinajstić information content (AvgIpc) is 2.82. The summed E-state index contributed by atoms with van der Waals surface area (Å²) in [6.07, 6.45) is 5.57. The van der Waals surface area contributed by atoms with Crippen molar-refractivity contribution < 1.29 is 4.39 Å². The van der Waals surface area contributed by atoms with E-state index >= 15 is 4.39 Å². The molecule has 0 amide bonds. The van der Waals surface area contributed by atoms with Crippen LogP contribution in [0, 0.1) is 6.92 Å². The second-order valence-corrected chi connectivity index (χ2v) is 9.54. The molecule has 29 heavy (non-hydrogen) atoms. The molecule has 1 aromatic heterocycles. The van der Waals surface area contributed by atoms with E-state index in [4.69, 9.17) is 11.6 Å². The Labute approximate surface area is 178 Å². The van der Waals surface area contributed by atoms with Gasteiger partial charge in [-0.2, -0.15) is 0 Å². The monoisotopic (exact) mass is 415 g/mol. The number of rotatable bonds is 4. The van der Waals surface area contributed by atoms with Crippen LogP contribution in [-0.2, 0) is 5.67 Å². The highest BCUT2D eigenvalue weighted by Gasteiger charge is 2.43. The van der Waals surface area contributed by atoms with Crippen molar-refractivity contribution in [2.75, 3.05) is 24.5 Å². The van der Waals surface area contributed by atoms with Gasteiger partial charge in [0, 0.05) is 47.7 Å². The number of hydrogen-bond acceptors (Lipinski definition) is 3. The summed E-state index contributed by atoms with van der Waals surface area (Å²) >= 11 is 6.36. The molecule has 156 valence electrons. The Morgan fingerprint density at radius 2 is 2.00 bits per heavy atom. The highest BCUT2D eigenvalue weighted by molar-refractivity contribution is 6.30. The molecule has 0 radical (unpaired) electrons. The maximum atomic E-state index is 16.1. The molecule has 3 atom stereocenters. The highest BCUT2D eigenvalue weighted by atomic mass is 35.5. The predicted octanol–water partition coefficient (Wildman–Crippen LogP) is 5.70. The molecule has 1 fully saturated rings. The number of hydrogen-bond donors (Lipinski definition) is 0. The topological polar surface area (TPSA) is 19.4 Å². The first-order valence-electron chi connectivity index (χ1n) is 10.7. The van der Waals surface area contributed by atoms with Crippen LogP contribution in [0.2, 0.25) is 5.02 Å². The van der Waals surface area contributed by atoms with Gasteiger partial charge in [-0.05, 0) is 88.0 Å². The lowest BCUT2D eigenvalue weighted by molar-refractivity contribution is 0.191. The minimum Gasteiger partial charge on any atom is -0.364 e. The van der Waals surface area contributed by atoms with Crippen LogP contribution in [0.4, 0.5) is 10.1 Å². The molecule has 3 unspecified atom stereocenters. The van der Waals surface area contributed by atoms with Crippen LogP contribution >= 0.6 is 11.6 Å². The Balaban J connectivity index is 1.69. The zero-order chi connectivity index (χ0) is 20.8. The summed E-state index contributed by atoms with van der Waals surface area (Å²) in [5.41, 5.74) is 2.61. The van der Waals surface area contributed by atoms with Crippen molar-refractivity contribution in [1.29, 1.82) is 0 Å². The first kappa shape index (κ1) is 20.6. The molecule has 0 bridgehead atoms.